The van der Waals surface area contributed by atoms with Crippen molar-refractivity contribution in [2.45, 2.75) is 19.3 Å². The van der Waals surface area contributed by atoms with Gasteiger partial charge in [0.1, 0.15) is 0 Å². The molecule has 0 bridgehead atoms. The first-order chi connectivity index (χ1) is 9.65. The van der Waals surface area contributed by atoms with Crippen molar-refractivity contribution < 1.29 is 4.79 Å². The van der Waals surface area contributed by atoms with E-state index in [0.717, 1.165) is 16.8 Å². The topological polar surface area (TPSA) is 55.1 Å². The molecule has 2 atom stereocenters. The van der Waals surface area contributed by atoms with Gasteiger partial charge in [-0.2, -0.15) is 0 Å². The maximum absolute atomic E-state index is 12.4. The first-order valence-corrected chi connectivity index (χ1v) is 6.91. The maximum atomic E-state index is 12.4. The molecule has 3 rings (SSSR count). The molecule has 1 fully saturated rings. The quantitative estimate of drug-likeness (QED) is 0.833. The Morgan fingerprint density at radius 1 is 1.15 bits per heavy atom. The number of rotatable bonds is 3. The van der Waals surface area contributed by atoms with E-state index in [2.05, 4.69) is 18.3 Å². The lowest BCUT2D eigenvalue weighted by molar-refractivity contribution is 0.102. The summed E-state index contributed by atoms with van der Waals surface area (Å²) in [6, 6.07) is 15.1. The van der Waals surface area contributed by atoms with Gasteiger partial charge in [0.05, 0.1) is 0 Å². The molecule has 20 heavy (non-hydrogen) atoms. The standard InChI is InChI=1S/C17H18N2O/c1-11-10-16(11)14-4-2-3-5-15(14)17(20)19-13-8-6-12(18)7-9-13/h2-9,11,16H,10,18H2,1H3,(H,19,20)/t11?,16-/m0/s1. The molecule has 1 unspecified atom stereocenters. The molecule has 3 nitrogen and oxygen atoms in total. The zero-order valence-corrected chi connectivity index (χ0v) is 11.5. The summed E-state index contributed by atoms with van der Waals surface area (Å²) in [5, 5.41) is 2.93. The van der Waals surface area contributed by atoms with Crippen LogP contribution in [0.15, 0.2) is 48.5 Å². The number of amides is 1. The van der Waals surface area contributed by atoms with Gasteiger partial charge in [-0.05, 0) is 54.2 Å². The summed E-state index contributed by atoms with van der Waals surface area (Å²) in [6.45, 7) is 2.22. The molecule has 0 aliphatic heterocycles. The van der Waals surface area contributed by atoms with E-state index in [1.54, 1.807) is 12.1 Å². The zero-order chi connectivity index (χ0) is 14.1. The lowest BCUT2D eigenvalue weighted by atomic mass is 10.0. The molecule has 1 aliphatic carbocycles. The van der Waals surface area contributed by atoms with Crippen molar-refractivity contribution in [3.8, 4) is 0 Å². The average molecular weight is 266 g/mol. The van der Waals surface area contributed by atoms with Crippen LogP contribution in [0.5, 0.6) is 0 Å². The molecule has 3 heteroatoms. The third kappa shape index (κ3) is 2.52. The molecule has 102 valence electrons. The number of carbonyl (C=O) groups excluding carboxylic acids is 1. The van der Waals surface area contributed by atoms with Crippen molar-refractivity contribution >= 4 is 17.3 Å². The van der Waals surface area contributed by atoms with Crippen molar-refractivity contribution in [3.05, 3.63) is 59.7 Å². The second kappa shape index (κ2) is 5.00. The Bertz CT molecular complexity index is 634. The molecule has 1 saturated carbocycles. The van der Waals surface area contributed by atoms with Crippen LogP contribution in [0, 0.1) is 5.92 Å². The van der Waals surface area contributed by atoms with Crippen molar-refractivity contribution in [2.75, 3.05) is 11.1 Å². The van der Waals surface area contributed by atoms with E-state index in [4.69, 9.17) is 5.73 Å². The van der Waals surface area contributed by atoms with Gasteiger partial charge in [-0.1, -0.05) is 25.1 Å². The van der Waals surface area contributed by atoms with Crippen LogP contribution in [-0.2, 0) is 0 Å². The number of nitrogen functional groups attached to an aromatic ring is 1. The van der Waals surface area contributed by atoms with Gasteiger partial charge in [-0.15, -0.1) is 0 Å². The zero-order valence-electron chi connectivity index (χ0n) is 11.5. The van der Waals surface area contributed by atoms with Gasteiger partial charge in [0, 0.05) is 16.9 Å². The number of hydrogen-bond donors (Lipinski definition) is 2. The third-order valence-electron chi connectivity index (χ3n) is 3.88. The largest absolute Gasteiger partial charge is 0.399 e. The third-order valence-corrected chi connectivity index (χ3v) is 3.88. The number of benzene rings is 2. The smallest absolute Gasteiger partial charge is 0.255 e. The van der Waals surface area contributed by atoms with Crippen LogP contribution in [0.4, 0.5) is 11.4 Å². The molecule has 1 amide bonds. The molecule has 2 aromatic rings. The van der Waals surface area contributed by atoms with E-state index >= 15 is 0 Å². The molecule has 2 aromatic carbocycles. The fraction of sp³-hybridized carbons (Fsp3) is 0.235. The summed E-state index contributed by atoms with van der Waals surface area (Å²) in [7, 11) is 0. The fourth-order valence-corrected chi connectivity index (χ4v) is 2.55. The minimum Gasteiger partial charge on any atom is -0.399 e. The summed E-state index contributed by atoms with van der Waals surface area (Å²) >= 11 is 0. The van der Waals surface area contributed by atoms with E-state index in [1.165, 1.54) is 6.42 Å². The Kier molecular flexibility index (Phi) is 3.18. The van der Waals surface area contributed by atoms with Crippen LogP contribution in [0.2, 0.25) is 0 Å². The first kappa shape index (κ1) is 12.7. The molecule has 0 heterocycles. The van der Waals surface area contributed by atoms with Crippen molar-refractivity contribution in [3.63, 3.8) is 0 Å². The minimum atomic E-state index is -0.0514. The van der Waals surface area contributed by atoms with Crippen LogP contribution >= 0.6 is 0 Å². The van der Waals surface area contributed by atoms with Crippen LogP contribution < -0.4 is 11.1 Å². The molecule has 3 N–H and O–H groups in total. The average Bonchev–Trinajstić information content (AvgIpc) is 3.18. The van der Waals surface area contributed by atoms with Gasteiger partial charge in [0.2, 0.25) is 0 Å². The minimum absolute atomic E-state index is 0.0514. The van der Waals surface area contributed by atoms with Crippen LogP contribution in [-0.4, -0.2) is 5.91 Å². The molecule has 0 saturated heterocycles. The van der Waals surface area contributed by atoms with E-state index in [9.17, 15) is 4.79 Å². The Balaban J connectivity index is 1.82. The Labute approximate surface area is 118 Å². The number of carbonyl (C=O) groups is 1. The Morgan fingerprint density at radius 3 is 2.45 bits per heavy atom. The highest BCUT2D eigenvalue weighted by molar-refractivity contribution is 6.05. The van der Waals surface area contributed by atoms with Gasteiger partial charge < -0.3 is 11.1 Å². The lowest BCUT2D eigenvalue weighted by Gasteiger charge is -2.10. The van der Waals surface area contributed by atoms with Gasteiger partial charge in [-0.25, -0.2) is 0 Å². The predicted octanol–water partition coefficient (Wildman–Crippen LogP) is 3.64. The first-order valence-electron chi connectivity index (χ1n) is 6.91. The molecule has 0 spiro atoms. The van der Waals surface area contributed by atoms with E-state index < -0.39 is 0 Å². The molecular formula is C17H18N2O. The Morgan fingerprint density at radius 2 is 1.80 bits per heavy atom. The van der Waals surface area contributed by atoms with E-state index in [-0.39, 0.29) is 5.91 Å². The highest BCUT2D eigenvalue weighted by Crippen LogP contribution is 2.48. The molecule has 0 aromatic heterocycles. The lowest BCUT2D eigenvalue weighted by Crippen LogP contribution is -2.14. The number of nitrogens with two attached hydrogens (primary N) is 1. The highest BCUT2D eigenvalue weighted by Gasteiger charge is 2.36. The summed E-state index contributed by atoms with van der Waals surface area (Å²) in [6.07, 6.45) is 1.17. The second-order valence-electron chi connectivity index (χ2n) is 5.48. The van der Waals surface area contributed by atoms with E-state index in [1.807, 2.05) is 30.3 Å². The summed E-state index contributed by atoms with van der Waals surface area (Å²) < 4.78 is 0. The van der Waals surface area contributed by atoms with Gasteiger partial charge in [0.25, 0.3) is 5.91 Å². The number of hydrogen-bond acceptors (Lipinski definition) is 2. The van der Waals surface area contributed by atoms with Crippen LogP contribution in [0.1, 0.15) is 35.2 Å². The van der Waals surface area contributed by atoms with Crippen molar-refractivity contribution in [1.82, 2.24) is 0 Å². The SMILES string of the molecule is CC1C[C@@H]1c1ccccc1C(=O)Nc1ccc(N)cc1. The Hall–Kier alpha value is -2.29. The van der Waals surface area contributed by atoms with Gasteiger partial charge in [-0.3, -0.25) is 4.79 Å². The number of anilines is 2. The van der Waals surface area contributed by atoms with Crippen molar-refractivity contribution in [2.24, 2.45) is 5.92 Å². The van der Waals surface area contributed by atoms with Crippen LogP contribution in [0.3, 0.4) is 0 Å². The maximum Gasteiger partial charge on any atom is 0.255 e. The summed E-state index contributed by atoms with van der Waals surface area (Å²) in [5.74, 6) is 1.16. The van der Waals surface area contributed by atoms with Crippen LogP contribution in [0.25, 0.3) is 0 Å². The normalized spacial score (nSPS) is 20.4. The monoisotopic (exact) mass is 266 g/mol. The fourth-order valence-electron chi connectivity index (χ4n) is 2.55. The van der Waals surface area contributed by atoms with Gasteiger partial charge >= 0.3 is 0 Å². The summed E-state index contributed by atoms with van der Waals surface area (Å²) in [5.41, 5.74) is 9.04. The highest BCUT2D eigenvalue weighted by atomic mass is 16.1. The van der Waals surface area contributed by atoms with E-state index in [0.29, 0.717) is 17.5 Å². The van der Waals surface area contributed by atoms with Crippen molar-refractivity contribution in [1.29, 1.82) is 0 Å². The van der Waals surface area contributed by atoms with Gasteiger partial charge in [0.15, 0.2) is 0 Å². The number of nitrogens with one attached hydrogen (secondary N) is 1. The molecular weight excluding hydrogens is 248 g/mol. The molecule has 1 aliphatic rings. The predicted molar refractivity (Wildman–Crippen MR) is 81.8 cm³/mol. The molecule has 0 radical (unpaired) electrons. The summed E-state index contributed by atoms with van der Waals surface area (Å²) in [4.78, 5) is 12.4. The second-order valence-corrected chi connectivity index (χ2v) is 5.48.